The third-order valence-corrected chi connectivity index (χ3v) is 9.63. The quantitative estimate of drug-likeness (QED) is 0.105. The maximum atomic E-state index is 13.8. The number of carboxylic acids is 1. The van der Waals surface area contributed by atoms with Crippen molar-refractivity contribution in [3.05, 3.63) is 95.8 Å². The minimum absolute atomic E-state index is 0.0418. The van der Waals surface area contributed by atoms with Crippen LogP contribution in [0.15, 0.2) is 78.9 Å². The number of amides is 1. The lowest BCUT2D eigenvalue weighted by molar-refractivity contribution is -0.313. The molecule has 2 heterocycles. The molecule has 2 saturated heterocycles. The molecule has 8 atom stereocenters. The number of rotatable bonds is 14. The van der Waals surface area contributed by atoms with E-state index in [1.165, 1.54) is 36.4 Å². The lowest BCUT2D eigenvalue weighted by Gasteiger charge is -2.59. The number of hydrogen-bond donors (Lipinski definition) is 6. The number of aliphatic hydroxyl groups excluding tert-OH is 3. The van der Waals surface area contributed by atoms with Crippen LogP contribution in [-0.4, -0.2) is 94.9 Å². The van der Waals surface area contributed by atoms with E-state index < -0.39 is 76.0 Å². The summed E-state index contributed by atoms with van der Waals surface area (Å²) in [5.41, 5.74) is -1.33. The summed E-state index contributed by atoms with van der Waals surface area (Å²) in [4.78, 5) is 27.6. The molecular weight excluding hydrogens is 663 g/mol. The number of halogens is 1. The number of carbonyl (C=O) groups is 2. The average Bonchev–Trinajstić information content (AvgIpc) is 3.06. The van der Waals surface area contributed by atoms with Gasteiger partial charge in [-0.25, -0.2) is 22.3 Å². The first-order chi connectivity index (χ1) is 23.2. The van der Waals surface area contributed by atoms with Crippen LogP contribution in [0.4, 0.5) is 10.1 Å². The lowest BCUT2D eigenvalue weighted by atomic mass is 9.66. The summed E-state index contributed by atoms with van der Waals surface area (Å²) >= 11 is 0. The van der Waals surface area contributed by atoms with E-state index in [0.717, 1.165) is 16.7 Å². The Balaban J connectivity index is 1.43. The summed E-state index contributed by atoms with van der Waals surface area (Å²) in [7, 11) is -3.34. The highest BCUT2D eigenvalue weighted by Gasteiger charge is 2.69. The van der Waals surface area contributed by atoms with Gasteiger partial charge in [0.15, 0.2) is 11.7 Å². The highest BCUT2D eigenvalue weighted by atomic mass is 32.2. The Bertz CT molecular complexity index is 1710. The summed E-state index contributed by atoms with van der Waals surface area (Å²) in [5.74, 6) is -3.66. The Morgan fingerprint density at radius 3 is 2.33 bits per heavy atom. The molecule has 0 spiro atoms. The standard InChI is InChI=1S/C34H39FN2O11S/c1-49(45,46)36-19-5-6-20-9-15-23(16-10-20)37-28(25(31(37)41)17-18-26(38)21-11-13-22(35)14-12-21)34(44)29(40)27(39)33(48-30(34)32(42)43)47-24-7-3-2-4-8-24/h2-4,7-16,25-30,33,36,38-40,44H,5-6,17-19H2,1H3,(H,42,43)/t25?,26-,27-,28?,29+,30+,33+,34-/m0/s1. The number of carboxylic acid groups (broad SMARTS) is 1. The Kier molecular flexibility index (Phi) is 11.0. The zero-order valence-electron chi connectivity index (χ0n) is 26.5. The second kappa shape index (κ2) is 14.9. The molecule has 3 aromatic rings. The summed E-state index contributed by atoms with van der Waals surface area (Å²) in [6, 6.07) is 18.2. The second-order valence-electron chi connectivity index (χ2n) is 12.3. The first kappa shape index (κ1) is 36.3. The van der Waals surface area contributed by atoms with Crippen molar-refractivity contribution in [2.24, 2.45) is 5.92 Å². The number of nitrogens with zero attached hydrogens (tertiary/aromatic N) is 1. The first-order valence-corrected chi connectivity index (χ1v) is 17.6. The molecule has 0 aromatic heterocycles. The number of para-hydroxylation sites is 1. The molecule has 6 N–H and O–H groups in total. The van der Waals surface area contributed by atoms with E-state index in [0.29, 0.717) is 18.4 Å². The number of carbonyl (C=O) groups excluding carboxylic acids is 1. The largest absolute Gasteiger partial charge is 0.479 e. The van der Waals surface area contributed by atoms with Crippen molar-refractivity contribution >= 4 is 27.6 Å². The number of aryl methyl sites for hydroxylation is 1. The van der Waals surface area contributed by atoms with E-state index in [1.54, 1.807) is 42.5 Å². The molecule has 15 heteroatoms. The summed E-state index contributed by atoms with van der Waals surface area (Å²) < 4.78 is 49.8. The van der Waals surface area contributed by atoms with Crippen molar-refractivity contribution < 1.29 is 57.4 Å². The van der Waals surface area contributed by atoms with Crippen molar-refractivity contribution in [1.82, 2.24) is 4.72 Å². The molecular formula is C34H39FN2O11S. The van der Waals surface area contributed by atoms with Gasteiger partial charge in [-0.3, -0.25) is 4.79 Å². The highest BCUT2D eigenvalue weighted by Crippen LogP contribution is 2.47. The van der Waals surface area contributed by atoms with Crippen LogP contribution in [0.25, 0.3) is 0 Å². The molecule has 0 aliphatic carbocycles. The Hall–Kier alpha value is -3.96. The minimum Gasteiger partial charge on any atom is -0.479 e. The van der Waals surface area contributed by atoms with E-state index >= 15 is 0 Å². The van der Waals surface area contributed by atoms with E-state index in [-0.39, 0.29) is 30.8 Å². The van der Waals surface area contributed by atoms with Gasteiger partial charge in [-0.2, -0.15) is 0 Å². The first-order valence-electron chi connectivity index (χ1n) is 15.7. The van der Waals surface area contributed by atoms with Crippen LogP contribution in [0, 0.1) is 11.7 Å². The molecule has 13 nitrogen and oxygen atoms in total. The van der Waals surface area contributed by atoms with Crippen LogP contribution in [0.2, 0.25) is 0 Å². The predicted octanol–water partition coefficient (Wildman–Crippen LogP) is 1.49. The molecule has 0 radical (unpaired) electrons. The Morgan fingerprint density at radius 1 is 1.06 bits per heavy atom. The van der Waals surface area contributed by atoms with Gasteiger partial charge >= 0.3 is 5.97 Å². The number of ether oxygens (including phenoxy) is 2. The van der Waals surface area contributed by atoms with Crippen molar-refractivity contribution in [1.29, 1.82) is 0 Å². The fraction of sp³-hybridized carbons (Fsp3) is 0.412. The number of aliphatic hydroxyl groups is 4. The van der Waals surface area contributed by atoms with Gasteiger partial charge in [0.25, 0.3) is 0 Å². The van der Waals surface area contributed by atoms with Gasteiger partial charge in [-0.15, -0.1) is 0 Å². The number of hydrogen-bond acceptors (Lipinski definition) is 10. The second-order valence-corrected chi connectivity index (χ2v) is 14.2. The third kappa shape index (κ3) is 7.94. The topological polar surface area (TPSA) is 203 Å². The van der Waals surface area contributed by atoms with Gasteiger partial charge in [0.1, 0.15) is 23.8 Å². The van der Waals surface area contributed by atoms with Gasteiger partial charge in [0.2, 0.25) is 22.2 Å². The van der Waals surface area contributed by atoms with Crippen LogP contribution in [0.3, 0.4) is 0 Å². The molecule has 0 bridgehead atoms. The highest BCUT2D eigenvalue weighted by molar-refractivity contribution is 7.88. The SMILES string of the molecule is CS(=O)(=O)NCCCc1ccc(N2C(=O)C(CC[C@H](O)c3ccc(F)cc3)C2[C@@]2(O)[C@@H](C(=O)O)O[C@@H](Oc3ccccc3)[C@@H](O)[C@H]2O)cc1. The van der Waals surface area contributed by atoms with Gasteiger partial charge in [-0.05, 0) is 73.2 Å². The average molecular weight is 703 g/mol. The number of benzene rings is 3. The molecule has 49 heavy (non-hydrogen) atoms. The lowest BCUT2D eigenvalue weighted by Crippen LogP contribution is -2.82. The fourth-order valence-corrected chi connectivity index (χ4v) is 6.94. The van der Waals surface area contributed by atoms with Crippen LogP contribution in [-0.2, 0) is 30.8 Å². The molecule has 5 rings (SSSR count). The van der Waals surface area contributed by atoms with Crippen LogP contribution in [0.5, 0.6) is 5.75 Å². The van der Waals surface area contributed by atoms with Crippen molar-refractivity contribution in [2.45, 2.75) is 68.0 Å². The van der Waals surface area contributed by atoms with Crippen LogP contribution >= 0.6 is 0 Å². The van der Waals surface area contributed by atoms with Crippen LogP contribution < -0.4 is 14.4 Å². The summed E-state index contributed by atoms with van der Waals surface area (Å²) in [6.45, 7) is 0.220. The van der Waals surface area contributed by atoms with Crippen molar-refractivity contribution in [3.63, 3.8) is 0 Å². The van der Waals surface area contributed by atoms with Crippen molar-refractivity contribution in [3.8, 4) is 5.75 Å². The number of anilines is 1. The Morgan fingerprint density at radius 2 is 1.71 bits per heavy atom. The molecule has 264 valence electrons. The number of β-lactam (4-membered cyclic amide) rings is 1. The molecule has 2 aliphatic rings. The zero-order valence-corrected chi connectivity index (χ0v) is 27.3. The third-order valence-electron chi connectivity index (χ3n) is 8.90. The van der Waals surface area contributed by atoms with Crippen LogP contribution in [0.1, 0.15) is 36.5 Å². The fourth-order valence-electron chi connectivity index (χ4n) is 6.43. The predicted molar refractivity (Wildman–Crippen MR) is 173 cm³/mol. The number of sulfonamides is 1. The normalized spacial score (nSPS) is 27.7. The number of nitrogens with one attached hydrogen (secondary N) is 1. The van der Waals surface area contributed by atoms with Crippen molar-refractivity contribution in [2.75, 3.05) is 17.7 Å². The molecule has 2 aliphatic heterocycles. The molecule has 3 aromatic carbocycles. The summed E-state index contributed by atoms with van der Waals surface area (Å²) in [5, 5.41) is 55.9. The van der Waals surface area contributed by atoms with E-state index in [4.69, 9.17) is 9.47 Å². The summed E-state index contributed by atoms with van der Waals surface area (Å²) in [6.07, 6.45) is -7.21. The molecule has 1 amide bonds. The number of aliphatic carboxylic acids is 1. The molecule has 2 unspecified atom stereocenters. The maximum absolute atomic E-state index is 13.8. The van der Waals surface area contributed by atoms with Gasteiger partial charge < -0.3 is 39.9 Å². The smallest absolute Gasteiger partial charge is 0.336 e. The molecule has 2 fully saturated rings. The monoisotopic (exact) mass is 702 g/mol. The minimum atomic E-state index is -3.34. The van der Waals surface area contributed by atoms with E-state index in [2.05, 4.69) is 4.72 Å². The van der Waals surface area contributed by atoms with Gasteiger partial charge in [-0.1, -0.05) is 42.5 Å². The maximum Gasteiger partial charge on any atom is 0.336 e. The van der Waals surface area contributed by atoms with E-state index in [9.17, 15) is 47.9 Å². The van der Waals surface area contributed by atoms with Gasteiger partial charge in [0.05, 0.1) is 24.3 Å². The Labute approximate surface area is 282 Å². The van der Waals surface area contributed by atoms with E-state index in [1.807, 2.05) is 0 Å². The zero-order chi connectivity index (χ0) is 35.5. The van der Waals surface area contributed by atoms with Gasteiger partial charge in [0, 0.05) is 12.2 Å². The molecule has 0 saturated carbocycles.